The number of carbonyl (C=O) groups is 1. The minimum absolute atomic E-state index is 0.00737. The Morgan fingerprint density at radius 2 is 2.03 bits per heavy atom. The highest BCUT2D eigenvalue weighted by Gasteiger charge is 2.26. The zero-order valence-electron chi connectivity index (χ0n) is 18.5. The number of fused-ring (bicyclic) bond motifs is 1. The summed E-state index contributed by atoms with van der Waals surface area (Å²) in [4.78, 5) is 28.6. The van der Waals surface area contributed by atoms with Gasteiger partial charge in [0.1, 0.15) is 17.2 Å². The van der Waals surface area contributed by atoms with Gasteiger partial charge < -0.3 is 15.0 Å². The second-order valence-corrected chi connectivity index (χ2v) is 10.3. The van der Waals surface area contributed by atoms with Gasteiger partial charge in [0.25, 0.3) is 0 Å². The number of benzene rings is 1. The number of hydrogen-bond donors (Lipinski definition) is 2. The lowest BCUT2D eigenvalue weighted by Gasteiger charge is -2.14. The van der Waals surface area contributed by atoms with Gasteiger partial charge >= 0.3 is 0 Å². The fraction of sp³-hybridized carbons (Fsp3) is 0.250. The molecule has 0 bridgehead atoms. The van der Waals surface area contributed by atoms with Crippen LogP contribution < -0.4 is 10.1 Å². The summed E-state index contributed by atoms with van der Waals surface area (Å²) in [5.74, 6) is 1.43. The molecule has 1 amide bonds. The van der Waals surface area contributed by atoms with Crippen LogP contribution in [-0.4, -0.2) is 46.6 Å². The van der Waals surface area contributed by atoms with Crippen molar-refractivity contribution >= 4 is 26.8 Å². The summed E-state index contributed by atoms with van der Waals surface area (Å²) in [5, 5.41) is 2.88. The van der Waals surface area contributed by atoms with E-state index in [1.807, 2.05) is 30.3 Å². The zero-order valence-corrected chi connectivity index (χ0v) is 19.3. The van der Waals surface area contributed by atoms with E-state index in [0.717, 1.165) is 23.2 Å². The molecule has 1 fully saturated rings. The Balaban J connectivity index is 1.52. The van der Waals surface area contributed by atoms with Gasteiger partial charge in [0.15, 0.2) is 20.7 Å². The SMILES string of the molecule is CCS(=O)(=O)c1ccc(Oc2cc3nc(-c4ccccn4)[nH]c3cc2CC2CCNC2=O)cn1. The van der Waals surface area contributed by atoms with Crippen molar-refractivity contribution in [2.75, 3.05) is 12.3 Å². The highest BCUT2D eigenvalue weighted by Crippen LogP contribution is 2.33. The average Bonchev–Trinajstić information content (AvgIpc) is 3.45. The molecule has 2 N–H and O–H groups in total. The number of aromatic nitrogens is 4. The summed E-state index contributed by atoms with van der Waals surface area (Å²) in [6.45, 7) is 2.23. The summed E-state index contributed by atoms with van der Waals surface area (Å²) in [6, 6.07) is 12.4. The molecule has 34 heavy (non-hydrogen) atoms. The van der Waals surface area contributed by atoms with E-state index in [-0.39, 0.29) is 22.6 Å². The van der Waals surface area contributed by atoms with Crippen LogP contribution in [0.15, 0.2) is 59.9 Å². The highest BCUT2D eigenvalue weighted by atomic mass is 32.2. The van der Waals surface area contributed by atoms with E-state index in [1.165, 1.54) is 12.3 Å². The Labute approximate surface area is 196 Å². The number of aromatic amines is 1. The second-order valence-electron chi connectivity index (χ2n) is 8.10. The summed E-state index contributed by atoms with van der Waals surface area (Å²) in [7, 11) is -3.40. The molecule has 1 aliphatic heterocycles. The smallest absolute Gasteiger partial charge is 0.223 e. The van der Waals surface area contributed by atoms with Crippen LogP contribution in [0.4, 0.5) is 0 Å². The molecule has 9 nitrogen and oxygen atoms in total. The van der Waals surface area contributed by atoms with E-state index in [1.54, 1.807) is 19.2 Å². The number of carbonyl (C=O) groups excluding carboxylic acids is 1. The molecule has 5 rings (SSSR count). The van der Waals surface area contributed by atoms with Gasteiger partial charge in [-0.2, -0.15) is 0 Å². The number of ether oxygens (including phenoxy) is 1. The molecule has 1 unspecified atom stereocenters. The van der Waals surface area contributed by atoms with Crippen LogP contribution >= 0.6 is 0 Å². The van der Waals surface area contributed by atoms with E-state index >= 15 is 0 Å². The van der Waals surface area contributed by atoms with E-state index < -0.39 is 9.84 Å². The van der Waals surface area contributed by atoms with Crippen LogP contribution in [0.3, 0.4) is 0 Å². The fourth-order valence-electron chi connectivity index (χ4n) is 3.95. The van der Waals surface area contributed by atoms with Crippen molar-refractivity contribution in [2.24, 2.45) is 5.92 Å². The van der Waals surface area contributed by atoms with Gasteiger partial charge in [0.2, 0.25) is 5.91 Å². The van der Waals surface area contributed by atoms with Gasteiger partial charge in [-0.05, 0) is 48.7 Å². The average molecular weight is 478 g/mol. The van der Waals surface area contributed by atoms with Crippen molar-refractivity contribution in [1.29, 1.82) is 0 Å². The fourth-order valence-corrected chi connectivity index (χ4v) is 4.74. The summed E-state index contributed by atoms with van der Waals surface area (Å²) in [5.41, 5.74) is 3.06. The molecule has 1 saturated heterocycles. The maximum Gasteiger partial charge on any atom is 0.223 e. The second kappa shape index (κ2) is 8.86. The van der Waals surface area contributed by atoms with Crippen LogP contribution in [-0.2, 0) is 21.1 Å². The van der Waals surface area contributed by atoms with E-state index in [2.05, 4.69) is 25.3 Å². The molecule has 174 valence electrons. The Hall–Kier alpha value is -3.79. The first kappa shape index (κ1) is 22.0. The molecule has 0 radical (unpaired) electrons. The molecule has 4 aromatic rings. The minimum atomic E-state index is -3.40. The number of rotatable bonds is 7. The molecule has 0 spiro atoms. The zero-order chi connectivity index (χ0) is 23.7. The van der Waals surface area contributed by atoms with E-state index in [0.29, 0.717) is 35.8 Å². The number of nitrogens with one attached hydrogen (secondary N) is 2. The van der Waals surface area contributed by atoms with Crippen molar-refractivity contribution in [3.8, 4) is 23.0 Å². The number of hydrogen-bond acceptors (Lipinski definition) is 7. The number of sulfone groups is 1. The van der Waals surface area contributed by atoms with Gasteiger partial charge in [0.05, 0.1) is 23.0 Å². The van der Waals surface area contributed by atoms with Crippen molar-refractivity contribution < 1.29 is 17.9 Å². The maximum atomic E-state index is 12.2. The Bertz CT molecular complexity index is 1450. The molecule has 1 aliphatic rings. The number of imidazole rings is 1. The van der Waals surface area contributed by atoms with Gasteiger partial charge in [-0.15, -0.1) is 0 Å². The molecule has 1 aromatic carbocycles. The van der Waals surface area contributed by atoms with Crippen molar-refractivity contribution in [1.82, 2.24) is 25.3 Å². The predicted octanol–water partition coefficient (Wildman–Crippen LogP) is 3.28. The first-order chi connectivity index (χ1) is 16.4. The predicted molar refractivity (Wildman–Crippen MR) is 126 cm³/mol. The third-order valence-electron chi connectivity index (χ3n) is 5.84. The minimum Gasteiger partial charge on any atom is -0.455 e. The number of amides is 1. The van der Waals surface area contributed by atoms with E-state index in [9.17, 15) is 13.2 Å². The number of pyridine rings is 2. The van der Waals surface area contributed by atoms with E-state index in [4.69, 9.17) is 4.74 Å². The first-order valence-electron chi connectivity index (χ1n) is 11.0. The molecular weight excluding hydrogens is 454 g/mol. The normalized spacial score (nSPS) is 16.0. The van der Waals surface area contributed by atoms with Gasteiger partial charge in [-0.3, -0.25) is 9.78 Å². The number of nitrogens with zero attached hydrogens (tertiary/aromatic N) is 3. The molecule has 0 saturated carbocycles. The van der Waals surface area contributed by atoms with Gasteiger partial charge in [-0.25, -0.2) is 18.4 Å². The monoisotopic (exact) mass is 477 g/mol. The summed E-state index contributed by atoms with van der Waals surface area (Å²) < 4.78 is 30.2. The quantitative estimate of drug-likeness (QED) is 0.418. The highest BCUT2D eigenvalue weighted by molar-refractivity contribution is 7.91. The van der Waals surface area contributed by atoms with Gasteiger partial charge in [-0.1, -0.05) is 13.0 Å². The molecule has 1 atom stereocenters. The van der Waals surface area contributed by atoms with Crippen molar-refractivity contribution in [2.45, 2.75) is 24.8 Å². The van der Waals surface area contributed by atoms with Gasteiger partial charge in [0, 0.05) is 24.7 Å². The van der Waals surface area contributed by atoms with Crippen LogP contribution in [0, 0.1) is 5.92 Å². The Kier molecular flexibility index (Phi) is 5.74. The van der Waals surface area contributed by atoms with Crippen molar-refractivity contribution in [3.63, 3.8) is 0 Å². The summed E-state index contributed by atoms with van der Waals surface area (Å²) >= 11 is 0. The standard InChI is InChI=1S/C24H23N5O4S/c1-2-34(31,32)22-7-6-17(14-27-22)33-21-13-20-19(12-16(21)11-15-8-10-26-24(15)30)28-23(29-20)18-5-3-4-9-25-18/h3-7,9,12-15H,2,8,10-11H2,1H3,(H,26,30)(H,28,29). The molecule has 3 aromatic heterocycles. The van der Waals surface area contributed by atoms with Crippen LogP contribution in [0.1, 0.15) is 18.9 Å². The lowest BCUT2D eigenvalue weighted by molar-refractivity contribution is -0.122. The maximum absolute atomic E-state index is 12.2. The first-order valence-corrected chi connectivity index (χ1v) is 12.7. The topological polar surface area (TPSA) is 127 Å². The Morgan fingerprint density at radius 3 is 2.71 bits per heavy atom. The van der Waals surface area contributed by atoms with Crippen LogP contribution in [0.5, 0.6) is 11.5 Å². The van der Waals surface area contributed by atoms with Crippen LogP contribution in [0.2, 0.25) is 0 Å². The number of H-pyrrole nitrogens is 1. The van der Waals surface area contributed by atoms with Crippen LogP contribution in [0.25, 0.3) is 22.6 Å². The summed E-state index contributed by atoms with van der Waals surface area (Å²) in [6.07, 6.45) is 4.35. The lowest BCUT2D eigenvalue weighted by Crippen LogP contribution is -2.20. The van der Waals surface area contributed by atoms with Crippen molar-refractivity contribution in [3.05, 3.63) is 60.4 Å². The molecule has 10 heteroatoms. The third-order valence-corrected chi connectivity index (χ3v) is 7.48. The molecular formula is C24H23N5O4S. The largest absolute Gasteiger partial charge is 0.455 e. The molecule has 4 heterocycles. The Morgan fingerprint density at radius 1 is 1.15 bits per heavy atom. The third kappa shape index (κ3) is 4.36. The lowest BCUT2D eigenvalue weighted by atomic mass is 9.97. The molecule has 0 aliphatic carbocycles.